The predicted octanol–water partition coefficient (Wildman–Crippen LogP) is 16.5. The summed E-state index contributed by atoms with van der Waals surface area (Å²) in [6, 6.07) is 0. The Morgan fingerprint density at radius 2 is 0.661 bits per heavy atom. The maximum absolute atomic E-state index is 12.8. The van der Waals surface area contributed by atoms with Crippen LogP contribution in [0.15, 0.2) is 36.5 Å². The molecule has 0 fully saturated rings. The van der Waals surface area contributed by atoms with Crippen molar-refractivity contribution in [2.24, 2.45) is 0 Å². The lowest BCUT2D eigenvalue weighted by molar-refractivity contribution is -0.167. The van der Waals surface area contributed by atoms with Crippen molar-refractivity contribution >= 4 is 17.9 Å². The topological polar surface area (TPSA) is 78.9 Å². The summed E-state index contributed by atoms with van der Waals surface area (Å²) in [6.45, 7) is 6.50. The number of carbonyl (C=O) groups excluding carboxylic acids is 3. The van der Waals surface area contributed by atoms with Crippen LogP contribution in [0.4, 0.5) is 0 Å². The molecule has 0 aromatic heterocycles. The average Bonchev–Trinajstić information content (AvgIpc) is 3.23. The average molecular weight is 829 g/mol. The van der Waals surface area contributed by atoms with Crippen LogP contribution in [0.2, 0.25) is 0 Å². The van der Waals surface area contributed by atoms with Gasteiger partial charge in [0.25, 0.3) is 0 Å². The minimum absolute atomic E-state index is 0.0732. The van der Waals surface area contributed by atoms with Gasteiger partial charge in [0.1, 0.15) is 13.2 Å². The van der Waals surface area contributed by atoms with Crippen molar-refractivity contribution in [1.29, 1.82) is 0 Å². The number of rotatable bonds is 46. The van der Waals surface area contributed by atoms with E-state index < -0.39 is 6.10 Å². The molecule has 0 rings (SSSR count). The van der Waals surface area contributed by atoms with Crippen molar-refractivity contribution in [1.82, 2.24) is 0 Å². The van der Waals surface area contributed by atoms with Crippen LogP contribution in [0.25, 0.3) is 0 Å². The van der Waals surface area contributed by atoms with E-state index in [2.05, 4.69) is 57.2 Å². The number of unbranched alkanes of at least 4 members (excludes halogenated alkanes) is 31. The fourth-order valence-electron chi connectivity index (χ4n) is 7.38. The second-order valence-corrected chi connectivity index (χ2v) is 17.1. The van der Waals surface area contributed by atoms with Crippen LogP contribution >= 0.6 is 0 Å². The van der Waals surface area contributed by atoms with Crippen molar-refractivity contribution in [2.45, 2.75) is 271 Å². The summed E-state index contributed by atoms with van der Waals surface area (Å²) < 4.78 is 16.8. The van der Waals surface area contributed by atoms with Gasteiger partial charge in [-0.15, -0.1) is 0 Å². The van der Waals surface area contributed by atoms with Crippen LogP contribution < -0.4 is 0 Å². The largest absolute Gasteiger partial charge is 0.462 e. The minimum atomic E-state index is -0.772. The Morgan fingerprint density at radius 1 is 0.356 bits per heavy atom. The molecule has 0 aromatic rings. The van der Waals surface area contributed by atoms with Crippen molar-refractivity contribution in [3.8, 4) is 0 Å². The highest BCUT2D eigenvalue weighted by Crippen LogP contribution is 2.16. The van der Waals surface area contributed by atoms with Crippen LogP contribution in [0.3, 0.4) is 0 Å². The van der Waals surface area contributed by atoms with Crippen LogP contribution in [0, 0.1) is 0 Å². The highest BCUT2D eigenvalue weighted by molar-refractivity contribution is 5.71. The fourth-order valence-corrected chi connectivity index (χ4v) is 7.38. The molecular weight excluding hydrogens is 733 g/mol. The van der Waals surface area contributed by atoms with E-state index >= 15 is 0 Å². The molecule has 0 saturated heterocycles. The number of ether oxygens (including phenoxy) is 3. The molecule has 0 heterocycles. The summed E-state index contributed by atoms with van der Waals surface area (Å²) >= 11 is 0. The highest BCUT2D eigenvalue weighted by atomic mass is 16.6. The first kappa shape index (κ1) is 56.6. The molecule has 0 aromatic carbocycles. The lowest BCUT2D eigenvalue weighted by atomic mass is 10.0. The van der Waals surface area contributed by atoms with Gasteiger partial charge in [-0.25, -0.2) is 0 Å². The molecule has 59 heavy (non-hydrogen) atoms. The molecule has 0 aliphatic heterocycles. The third-order valence-electron chi connectivity index (χ3n) is 11.2. The summed E-state index contributed by atoms with van der Waals surface area (Å²) in [7, 11) is 0. The van der Waals surface area contributed by atoms with Crippen molar-refractivity contribution < 1.29 is 28.6 Å². The van der Waals surface area contributed by atoms with Gasteiger partial charge in [0.15, 0.2) is 6.10 Å². The van der Waals surface area contributed by atoms with E-state index in [1.807, 2.05) is 0 Å². The maximum atomic E-state index is 12.8. The fraction of sp³-hybridized carbons (Fsp3) is 0.830. The molecule has 344 valence electrons. The highest BCUT2D eigenvalue weighted by Gasteiger charge is 2.19. The van der Waals surface area contributed by atoms with E-state index in [1.54, 1.807) is 0 Å². The quantitative estimate of drug-likeness (QED) is 0.0263. The third kappa shape index (κ3) is 46.5. The molecule has 0 aliphatic carbocycles. The van der Waals surface area contributed by atoms with Gasteiger partial charge in [0.2, 0.25) is 0 Å². The summed E-state index contributed by atoms with van der Waals surface area (Å²) in [5.41, 5.74) is 0. The van der Waals surface area contributed by atoms with E-state index in [0.717, 1.165) is 70.6 Å². The number of hydrogen-bond donors (Lipinski definition) is 0. The summed E-state index contributed by atoms with van der Waals surface area (Å²) in [6.07, 6.45) is 55.6. The summed E-state index contributed by atoms with van der Waals surface area (Å²) in [4.78, 5) is 37.9. The second-order valence-electron chi connectivity index (χ2n) is 17.1. The monoisotopic (exact) mass is 829 g/mol. The van der Waals surface area contributed by atoms with Gasteiger partial charge in [-0.05, 0) is 38.5 Å². The minimum Gasteiger partial charge on any atom is -0.462 e. The van der Waals surface area contributed by atoms with Crippen LogP contribution in [-0.2, 0) is 28.6 Å². The normalized spacial score (nSPS) is 12.3. The maximum Gasteiger partial charge on any atom is 0.306 e. The Hall–Kier alpha value is -2.37. The lowest BCUT2D eigenvalue weighted by Gasteiger charge is -2.18. The van der Waals surface area contributed by atoms with Gasteiger partial charge >= 0.3 is 17.9 Å². The number of esters is 3. The van der Waals surface area contributed by atoms with Crippen molar-refractivity contribution in [3.05, 3.63) is 36.5 Å². The molecule has 6 nitrogen and oxygen atoms in total. The number of carbonyl (C=O) groups is 3. The third-order valence-corrected chi connectivity index (χ3v) is 11.2. The van der Waals surface area contributed by atoms with Crippen molar-refractivity contribution in [3.63, 3.8) is 0 Å². The lowest BCUT2D eigenvalue weighted by Crippen LogP contribution is -2.30. The van der Waals surface area contributed by atoms with Gasteiger partial charge in [-0.3, -0.25) is 14.4 Å². The van der Waals surface area contributed by atoms with Crippen LogP contribution in [-0.4, -0.2) is 37.2 Å². The van der Waals surface area contributed by atoms with Gasteiger partial charge in [-0.2, -0.15) is 0 Å². The zero-order chi connectivity index (χ0) is 43.0. The van der Waals surface area contributed by atoms with E-state index in [4.69, 9.17) is 14.2 Å². The molecule has 0 saturated carbocycles. The standard InChI is InChI=1S/C53H96O6/c1-4-7-10-13-16-19-21-23-25-26-28-29-31-34-37-40-43-46-52(55)58-49-50(48-57-51(54)45-42-39-36-33-18-15-12-9-6-3)59-53(56)47-44-41-38-35-32-30-27-24-22-20-17-14-11-8-5-2/h8,11,14,17,20,22,50H,4-7,9-10,12-13,15-16,18-19,21,23-49H2,1-3H3/b11-8-,17-14-,22-20-. The summed E-state index contributed by atoms with van der Waals surface area (Å²) in [5, 5.41) is 0. The first-order valence-corrected chi connectivity index (χ1v) is 25.5. The van der Waals surface area contributed by atoms with Crippen LogP contribution in [0.1, 0.15) is 265 Å². The van der Waals surface area contributed by atoms with Gasteiger partial charge in [0.05, 0.1) is 0 Å². The Kier molecular flexibility index (Phi) is 46.4. The first-order chi connectivity index (χ1) is 29.0. The van der Waals surface area contributed by atoms with E-state index in [0.29, 0.717) is 19.3 Å². The Labute approximate surface area is 365 Å². The van der Waals surface area contributed by atoms with Gasteiger partial charge in [-0.1, -0.05) is 243 Å². The SMILES string of the molecule is CC\C=C/C=C\C=C/CCCCCCCCCC(=O)OC(COC(=O)CCCCCCCCCCC)COC(=O)CCCCCCCCCCCCCCCCCCC. The second kappa shape index (κ2) is 48.3. The smallest absolute Gasteiger partial charge is 0.306 e. The zero-order valence-corrected chi connectivity index (χ0v) is 39.3. The molecule has 0 N–H and O–H groups in total. The zero-order valence-electron chi connectivity index (χ0n) is 39.3. The molecule has 6 heteroatoms. The van der Waals surface area contributed by atoms with Gasteiger partial charge < -0.3 is 14.2 Å². The molecule has 1 atom stereocenters. The summed E-state index contributed by atoms with van der Waals surface area (Å²) in [5.74, 6) is -0.877. The number of allylic oxidation sites excluding steroid dienone is 6. The molecule has 0 aliphatic rings. The number of hydrogen-bond acceptors (Lipinski definition) is 6. The first-order valence-electron chi connectivity index (χ1n) is 25.5. The van der Waals surface area contributed by atoms with Gasteiger partial charge in [0, 0.05) is 19.3 Å². The molecule has 1 unspecified atom stereocenters. The molecule has 0 radical (unpaired) electrons. The molecule has 0 amide bonds. The Morgan fingerprint density at radius 3 is 1.02 bits per heavy atom. The van der Waals surface area contributed by atoms with E-state index in [9.17, 15) is 14.4 Å². The molecular formula is C53H96O6. The Bertz CT molecular complexity index is 1000. The van der Waals surface area contributed by atoms with E-state index in [1.165, 1.54) is 154 Å². The van der Waals surface area contributed by atoms with E-state index in [-0.39, 0.29) is 31.1 Å². The molecule has 0 bridgehead atoms. The van der Waals surface area contributed by atoms with Crippen LogP contribution in [0.5, 0.6) is 0 Å². The molecule has 0 spiro atoms. The van der Waals surface area contributed by atoms with Crippen molar-refractivity contribution in [2.75, 3.05) is 13.2 Å². The predicted molar refractivity (Wildman–Crippen MR) is 252 cm³/mol. The Balaban J connectivity index is 4.30.